The Bertz CT molecular complexity index is 4160. The fraction of sp³-hybridized carbons (Fsp3) is 0.0294. The van der Waals surface area contributed by atoms with Gasteiger partial charge in [-0.2, -0.15) is 0 Å². The fourth-order valence-corrected chi connectivity index (χ4v) is 12.8. The molecule has 0 bridgehead atoms. The van der Waals surface area contributed by atoms with Crippen LogP contribution in [-0.4, -0.2) is 0 Å². The molecule has 0 fully saturated rings. The summed E-state index contributed by atoms with van der Waals surface area (Å²) in [5, 5.41) is 4.24. The van der Waals surface area contributed by atoms with Gasteiger partial charge >= 0.3 is 0 Å². The average molecular weight is 906 g/mol. The smallest absolute Gasteiger partial charge is 0.159 e. The SMILES string of the molecule is c1ccc(C2(c3ccccc3)c3ccccc3-c3ccc(N(c4cccc5c4oc4ccccc45)c4cccc5c4oc4c(C6(c7ccccc7)c7ccccc7-c7ccccc76)cccc45)cc32)cc1. The summed E-state index contributed by atoms with van der Waals surface area (Å²) in [7, 11) is 0. The van der Waals surface area contributed by atoms with Crippen molar-refractivity contribution >= 4 is 60.9 Å². The molecule has 2 heterocycles. The monoisotopic (exact) mass is 905 g/mol. The number of furan rings is 2. The van der Waals surface area contributed by atoms with E-state index in [1.165, 1.54) is 61.2 Å². The van der Waals surface area contributed by atoms with Crippen molar-refractivity contribution in [3.05, 3.63) is 305 Å². The molecule has 0 N–H and O–H groups in total. The molecule has 0 amide bonds. The maximum Gasteiger partial charge on any atom is 0.159 e. The van der Waals surface area contributed by atoms with Crippen LogP contribution < -0.4 is 4.90 Å². The molecule has 0 spiro atoms. The van der Waals surface area contributed by atoms with Crippen molar-refractivity contribution in [1.82, 2.24) is 0 Å². The highest BCUT2D eigenvalue weighted by Gasteiger charge is 2.49. The van der Waals surface area contributed by atoms with Gasteiger partial charge in [-0.1, -0.05) is 231 Å². The first kappa shape index (κ1) is 39.8. The van der Waals surface area contributed by atoms with Crippen LogP contribution in [0.15, 0.2) is 270 Å². The number of hydrogen-bond donors (Lipinski definition) is 0. The Labute approximate surface area is 411 Å². The molecular formula is C68H43NO2. The van der Waals surface area contributed by atoms with Crippen molar-refractivity contribution in [2.75, 3.05) is 4.90 Å². The van der Waals surface area contributed by atoms with Gasteiger partial charge in [-0.25, -0.2) is 0 Å². The highest BCUT2D eigenvalue weighted by molar-refractivity contribution is 6.15. The normalized spacial score (nSPS) is 13.9. The maximum absolute atomic E-state index is 7.65. The lowest BCUT2D eigenvalue weighted by molar-refractivity contribution is 0.648. The molecule has 2 aliphatic carbocycles. The van der Waals surface area contributed by atoms with Crippen LogP contribution in [-0.2, 0) is 10.8 Å². The standard InChI is InChI=1S/C68H43NO2/c1-4-21-44(22-5-1)67(45-23-6-2-7-24-45)56-34-14-10-29-50(56)51-42-41-47(43-60(51)67)69(61-38-19-32-53-52-30-13-17-40-63(52)70-65(53)61)62-39-20-33-55-54-31-18-37-59(64(54)71-66(55)62)68(46-25-8-3-9-26-46)57-35-15-11-27-48(57)49-28-12-16-36-58(49)68/h1-43H. The minimum Gasteiger partial charge on any atom is -0.454 e. The van der Waals surface area contributed by atoms with Crippen molar-refractivity contribution in [2.24, 2.45) is 0 Å². The maximum atomic E-state index is 7.65. The zero-order valence-corrected chi connectivity index (χ0v) is 38.6. The molecule has 0 unspecified atom stereocenters. The highest BCUT2D eigenvalue weighted by atomic mass is 16.3. The van der Waals surface area contributed by atoms with Crippen molar-refractivity contribution in [3.63, 3.8) is 0 Å². The van der Waals surface area contributed by atoms with Crippen molar-refractivity contribution in [1.29, 1.82) is 0 Å². The molecule has 0 saturated carbocycles. The molecule has 0 atom stereocenters. The summed E-state index contributed by atoms with van der Waals surface area (Å²) in [6.07, 6.45) is 0. The number of fused-ring (bicyclic) bond motifs is 12. The number of para-hydroxylation sites is 4. The van der Waals surface area contributed by atoms with Crippen molar-refractivity contribution in [2.45, 2.75) is 10.8 Å². The van der Waals surface area contributed by atoms with Gasteiger partial charge in [0.25, 0.3) is 0 Å². The van der Waals surface area contributed by atoms with E-state index >= 15 is 0 Å². The van der Waals surface area contributed by atoms with Gasteiger partial charge in [0.15, 0.2) is 11.2 Å². The molecule has 332 valence electrons. The number of benzene rings is 11. The zero-order chi connectivity index (χ0) is 46.7. The van der Waals surface area contributed by atoms with E-state index in [1.54, 1.807) is 0 Å². The summed E-state index contributed by atoms with van der Waals surface area (Å²) >= 11 is 0. The Morgan fingerprint density at radius 2 is 0.676 bits per heavy atom. The van der Waals surface area contributed by atoms with Gasteiger partial charge in [-0.15, -0.1) is 0 Å². The lowest BCUT2D eigenvalue weighted by Gasteiger charge is -2.35. The van der Waals surface area contributed by atoms with Gasteiger partial charge in [0, 0.05) is 32.8 Å². The summed E-state index contributed by atoms with van der Waals surface area (Å²) in [6, 6.07) is 95.0. The van der Waals surface area contributed by atoms with Gasteiger partial charge < -0.3 is 13.7 Å². The highest BCUT2D eigenvalue weighted by Crippen LogP contribution is 2.60. The molecule has 0 saturated heterocycles. The Hall–Kier alpha value is -9.18. The summed E-state index contributed by atoms with van der Waals surface area (Å²) in [5.74, 6) is 0. The van der Waals surface area contributed by atoms with Crippen LogP contribution >= 0.6 is 0 Å². The number of rotatable bonds is 7. The summed E-state index contributed by atoms with van der Waals surface area (Å²) in [4.78, 5) is 2.38. The lowest BCUT2D eigenvalue weighted by Crippen LogP contribution is -2.28. The molecule has 2 aromatic heterocycles. The zero-order valence-electron chi connectivity index (χ0n) is 38.6. The van der Waals surface area contributed by atoms with Gasteiger partial charge in [-0.3, -0.25) is 0 Å². The molecule has 0 radical (unpaired) electrons. The molecule has 71 heavy (non-hydrogen) atoms. The van der Waals surface area contributed by atoms with Crippen LogP contribution in [0.1, 0.15) is 44.5 Å². The first-order valence-electron chi connectivity index (χ1n) is 24.5. The largest absolute Gasteiger partial charge is 0.454 e. The van der Waals surface area contributed by atoms with E-state index in [9.17, 15) is 0 Å². The van der Waals surface area contributed by atoms with Gasteiger partial charge in [0.2, 0.25) is 0 Å². The summed E-state index contributed by atoms with van der Waals surface area (Å²) in [6.45, 7) is 0. The first-order valence-corrected chi connectivity index (χ1v) is 24.5. The second-order valence-corrected chi connectivity index (χ2v) is 19.0. The van der Waals surface area contributed by atoms with Gasteiger partial charge in [0.1, 0.15) is 11.2 Å². The molecule has 3 heteroatoms. The third-order valence-corrected chi connectivity index (χ3v) is 15.6. The van der Waals surface area contributed by atoms with Crippen LogP contribution in [0.25, 0.3) is 66.1 Å². The third kappa shape index (κ3) is 5.38. The fourth-order valence-electron chi connectivity index (χ4n) is 12.8. The van der Waals surface area contributed by atoms with Crippen LogP contribution in [0.4, 0.5) is 17.1 Å². The molecule has 2 aliphatic rings. The van der Waals surface area contributed by atoms with E-state index in [4.69, 9.17) is 8.83 Å². The lowest BCUT2D eigenvalue weighted by atomic mass is 9.67. The predicted molar refractivity (Wildman–Crippen MR) is 290 cm³/mol. The molecule has 15 rings (SSSR count). The average Bonchev–Trinajstić information content (AvgIpc) is 4.19. The Morgan fingerprint density at radius 3 is 1.27 bits per heavy atom. The van der Waals surface area contributed by atoms with E-state index in [1.807, 2.05) is 6.07 Å². The Kier molecular flexibility index (Phi) is 8.49. The molecule has 11 aromatic carbocycles. The first-order chi connectivity index (χ1) is 35.2. The van der Waals surface area contributed by atoms with E-state index in [-0.39, 0.29) is 0 Å². The van der Waals surface area contributed by atoms with Crippen LogP contribution in [0, 0.1) is 0 Å². The minimum absolute atomic E-state index is 0.596. The molecular weight excluding hydrogens is 863 g/mol. The van der Waals surface area contributed by atoms with Crippen LogP contribution in [0.2, 0.25) is 0 Å². The van der Waals surface area contributed by atoms with Crippen molar-refractivity contribution in [3.8, 4) is 22.3 Å². The quantitative estimate of drug-likeness (QED) is 0.160. The molecule has 3 nitrogen and oxygen atoms in total. The topological polar surface area (TPSA) is 29.5 Å². The van der Waals surface area contributed by atoms with Crippen LogP contribution in [0.5, 0.6) is 0 Å². The van der Waals surface area contributed by atoms with E-state index in [0.29, 0.717) is 0 Å². The number of hydrogen-bond acceptors (Lipinski definition) is 3. The van der Waals surface area contributed by atoms with Crippen molar-refractivity contribution < 1.29 is 8.83 Å². The number of anilines is 3. The summed E-state index contributed by atoms with van der Waals surface area (Å²) in [5.41, 5.74) is 19.6. The second kappa shape index (κ2) is 15.2. The number of nitrogens with zero attached hydrogens (tertiary/aromatic N) is 1. The van der Waals surface area contributed by atoms with E-state index in [2.05, 4.69) is 260 Å². The molecule has 0 aliphatic heterocycles. The summed E-state index contributed by atoms with van der Waals surface area (Å²) < 4.78 is 14.6. The molecule has 13 aromatic rings. The second-order valence-electron chi connectivity index (χ2n) is 19.0. The Morgan fingerprint density at radius 1 is 0.268 bits per heavy atom. The van der Waals surface area contributed by atoms with E-state index in [0.717, 1.165) is 66.5 Å². The van der Waals surface area contributed by atoms with Crippen LogP contribution in [0.3, 0.4) is 0 Å². The predicted octanol–water partition coefficient (Wildman–Crippen LogP) is 17.7. The van der Waals surface area contributed by atoms with Gasteiger partial charge in [0.05, 0.1) is 22.2 Å². The minimum atomic E-state index is -0.644. The van der Waals surface area contributed by atoms with Gasteiger partial charge in [-0.05, 0) is 91.5 Å². The van der Waals surface area contributed by atoms with E-state index < -0.39 is 10.8 Å². The third-order valence-electron chi connectivity index (χ3n) is 15.6. The Balaban J connectivity index is 1.04.